The van der Waals surface area contributed by atoms with Crippen LogP contribution < -0.4 is 5.32 Å². The minimum Gasteiger partial charge on any atom is -0.480 e. The lowest BCUT2D eigenvalue weighted by Crippen LogP contribution is -2.54. The number of carbonyl (C=O) groups is 1. The molecule has 0 aromatic carbocycles. The van der Waals surface area contributed by atoms with Crippen molar-refractivity contribution in [3.63, 3.8) is 0 Å². The summed E-state index contributed by atoms with van der Waals surface area (Å²) in [5.74, 6) is -0.756. The van der Waals surface area contributed by atoms with E-state index in [0.29, 0.717) is 6.54 Å². The van der Waals surface area contributed by atoms with Crippen LogP contribution in [0.2, 0.25) is 0 Å². The summed E-state index contributed by atoms with van der Waals surface area (Å²) in [5, 5.41) is 12.4. The van der Waals surface area contributed by atoms with Gasteiger partial charge >= 0.3 is 5.97 Å². The van der Waals surface area contributed by atoms with Gasteiger partial charge in [-0.15, -0.1) is 0 Å². The predicted molar refractivity (Wildman–Crippen MR) is 81.1 cm³/mol. The fraction of sp³-hybridized carbons (Fsp3) is 0.929. The van der Waals surface area contributed by atoms with Crippen molar-refractivity contribution in [2.45, 2.75) is 25.9 Å². The molecule has 0 spiro atoms. The Bertz CT molecular complexity index is 289. The van der Waals surface area contributed by atoms with Gasteiger partial charge in [-0.2, -0.15) is 0 Å². The van der Waals surface area contributed by atoms with Gasteiger partial charge in [0.25, 0.3) is 0 Å². The van der Waals surface area contributed by atoms with Crippen LogP contribution in [-0.2, 0) is 4.79 Å². The van der Waals surface area contributed by atoms with Gasteiger partial charge in [-0.05, 0) is 14.1 Å². The van der Waals surface area contributed by atoms with Crippen molar-refractivity contribution in [3.8, 4) is 0 Å². The second-order valence-corrected chi connectivity index (χ2v) is 6.16. The van der Waals surface area contributed by atoms with Crippen LogP contribution in [0.5, 0.6) is 0 Å². The number of likely N-dealkylation sites (N-methyl/N-ethyl adjacent to an activating group) is 1. The van der Waals surface area contributed by atoms with E-state index in [0.717, 1.165) is 39.3 Å². The van der Waals surface area contributed by atoms with Crippen molar-refractivity contribution in [1.82, 2.24) is 20.0 Å². The molecular weight excluding hydrogens is 256 g/mol. The zero-order valence-electron chi connectivity index (χ0n) is 13.3. The number of nitrogens with one attached hydrogen (secondary N) is 1. The molecule has 0 bridgehead atoms. The average Bonchev–Trinajstić information content (AvgIpc) is 2.36. The van der Waals surface area contributed by atoms with Gasteiger partial charge in [-0.25, -0.2) is 0 Å². The number of aliphatic carboxylic acids is 1. The zero-order valence-corrected chi connectivity index (χ0v) is 13.3. The molecule has 1 atom stereocenters. The summed E-state index contributed by atoms with van der Waals surface area (Å²) in [5.41, 5.74) is 0. The smallest absolute Gasteiger partial charge is 0.322 e. The molecule has 0 aliphatic carbocycles. The van der Waals surface area contributed by atoms with Crippen LogP contribution in [0.4, 0.5) is 0 Å². The molecule has 1 aliphatic rings. The molecule has 1 rings (SSSR count). The van der Waals surface area contributed by atoms with Crippen molar-refractivity contribution >= 4 is 5.97 Å². The first-order valence-electron chi connectivity index (χ1n) is 7.46. The zero-order chi connectivity index (χ0) is 15.1. The molecule has 0 amide bonds. The number of hydrogen-bond acceptors (Lipinski definition) is 5. The number of piperazine rings is 1. The molecule has 0 saturated carbocycles. The monoisotopic (exact) mass is 286 g/mol. The highest BCUT2D eigenvalue weighted by Crippen LogP contribution is 2.03. The Morgan fingerprint density at radius 2 is 1.75 bits per heavy atom. The summed E-state index contributed by atoms with van der Waals surface area (Å²) in [6.45, 7) is 10.7. The second-order valence-electron chi connectivity index (χ2n) is 6.16. The van der Waals surface area contributed by atoms with Crippen molar-refractivity contribution in [3.05, 3.63) is 0 Å². The first kappa shape index (κ1) is 17.4. The summed E-state index contributed by atoms with van der Waals surface area (Å²) >= 11 is 0. The first-order chi connectivity index (χ1) is 9.38. The normalized spacial score (nSPS) is 19.7. The van der Waals surface area contributed by atoms with E-state index in [1.165, 1.54) is 0 Å². The highest BCUT2D eigenvalue weighted by molar-refractivity contribution is 5.73. The third-order valence-electron chi connectivity index (χ3n) is 3.60. The lowest BCUT2D eigenvalue weighted by molar-refractivity contribution is -0.140. The molecule has 1 fully saturated rings. The molecule has 20 heavy (non-hydrogen) atoms. The maximum atomic E-state index is 11.2. The molecule has 0 aromatic rings. The van der Waals surface area contributed by atoms with Gasteiger partial charge in [0.1, 0.15) is 6.04 Å². The molecule has 0 aromatic heterocycles. The van der Waals surface area contributed by atoms with E-state index in [-0.39, 0.29) is 6.04 Å². The van der Waals surface area contributed by atoms with Crippen LogP contribution in [-0.4, -0.2) is 97.8 Å². The SMILES string of the molecule is CC(C)NC(CN1CCN(CCN(C)C)CC1)C(=O)O. The molecule has 0 radical (unpaired) electrons. The van der Waals surface area contributed by atoms with E-state index in [4.69, 9.17) is 0 Å². The number of hydrogen-bond donors (Lipinski definition) is 2. The van der Waals surface area contributed by atoms with Crippen LogP contribution in [0.25, 0.3) is 0 Å². The largest absolute Gasteiger partial charge is 0.480 e. The fourth-order valence-electron chi connectivity index (χ4n) is 2.40. The molecule has 118 valence electrons. The summed E-state index contributed by atoms with van der Waals surface area (Å²) in [4.78, 5) is 18.1. The topological polar surface area (TPSA) is 59.0 Å². The Labute approximate surface area is 122 Å². The summed E-state index contributed by atoms with van der Waals surface area (Å²) in [6.07, 6.45) is 0. The van der Waals surface area contributed by atoms with Crippen LogP contribution in [0.3, 0.4) is 0 Å². The van der Waals surface area contributed by atoms with Crippen LogP contribution in [0.1, 0.15) is 13.8 Å². The highest BCUT2D eigenvalue weighted by atomic mass is 16.4. The minimum atomic E-state index is -0.756. The predicted octanol–water partition coefficient (Wildman–Crippen LogP) is -0.383. The highest BCUT2D eigenvalue weighted by Gasteiger charge is 2.24. The maximum absolute atomic E-state index is 11.2. The lowest BCUT2D eigenvalue weighted by Gasteiger charge is -2.36. The van der Waals surface area contributed by atoms with Gasteiger partial charge in [0, 0.05) is 51.9 Å². The Balaban J connectivity index is 2.31. The molecular formula is C14H30N4O2. The van der Waals surface area contributed by atoms with Crippen molar-refractivity contribution < 1.29 is 9.90 Å². The average molecular weight is 286 g/mol. The Morgan fingerprint density at radius 3 is 2.20 bits per heavy atom. The van der Waals surface area contributed by atoms with E-state index in [1.807, 2.05) is 13.8 Å². The van der Waals surface area contributed by atoms with Gasteiger partial charge in [0.2, 0.25) is 0 Å². The summed E-state index contributed by atoms with van der Waals surface area (Å²) in [6, 6.07) is -0.277. The van der Waals surface area contributed by atoms with Crippen molar-refractivity contribution in [2.75, 3.05) is 59.9 Å². The molecule has 1 saturated heterocycles. The lowest BCUT2D eigenvalue weighted by atomic mass is 10.2. The fourth-order valence-corrected chi connectivity index (χ4v) is 2.40. The van der Waals surface area contributed by atoms with Gasteiger partial charge in [0.15, 0.2) is 0 Å². The van der Waals surface area contributed by atoms with E-state index >= 15 is 0 Å². The number of carboxylic acids is 1. The van der Waals surface area contributed by atoms with Crippen LogP contribution >= 0.6 is 0 Å². The quantitative estimate of drug-likeness (QED) is 0.634. The molecule has 1 heterocycles. The number of carboxylic acid groups (broad SMARTS) is 1. The van der Waals surface area contributed by atoms with Crippen molar-refractivity contribution in [1.29, 1.82) is 0 Å². The molecule has 1 aliphatic heterocycles. The first-order valence-corrected chi connectivity index (χ1v) is 7.46. The minimum absolute atomic E-state index is 0.192. The third-order valence-corrected chi connectivity index (χ3v) is 3.60. The van der Waals surface area contributed by atoms with E-state index in [9.17, 15) is 9.90 Å². The van der Waals surface area contributed by atoms with E-state index < -0.39 is 12.0 Å². The maximum Gasteiger partial charge on any atom is 0.322 e. The summed E-state index contributed by atoms with van der Waals surface area (Å²) < 4.78 is 0. The number of rotatable bonds is 8. The van der Waals surface area contributed by atoms with Gasteiger partial charge in [-0.1, -0.05) is 13.8 Å². The van der Waals surface area contributed by atoms with Gasteiger partial charge in [-0.3, -0.25) is 14.6 Å². The van der Waals surface area contributed by atoms with Crippen molar-refractivity contribution in [2.24, 2.45) is 0 Å². The summed E-state index contributed by atoms with van der Waals surface area (Å²) in [7, 11) is 4.18. The third kappa shape index (κ3) is 6.65. The number of nitrogens with zero attached hydrogens (tertiary/aromatic N) is 3. The van der Waals surface area contributed by atoms with Crippen LogP contribution in [0.15, 0.2) is 0 Å². The molecule has 1 unspecified atom stereocenters. The molecule has 2 N–H and O–H groups in total. The van der Waals surface area contributed by atoms with Gasteiger partial charge in [0.05, 0.1) is 0 Å². The van der Waals surface area contributed by atoms with Crippen LogP contribution in [0, 0.1) is 0 Å². The Kier molecular flexibility index (Phi) is 7.43. The Hall–Kier alpha value is -0.690. The molecule has 6 nitrogen and oxygen atoms in total. The van der Waals surface area contributed by atoms with Gasteiger partial charge < -0.3 is 15.3 Å². The Morgan fingerprint density at radius 1 is 1.20 bits per heavy atom. The molecule has 6 heteroatoms. The van der Waals surface area contributed by atoms with E-state index in [1.54, 1.807) is 0 Å². The standard InChI is InChI=1S/C14H30N4O2/c1-12(2)15-13(14(19)20)11-18-9-7-17(8-10-18)6-5-16(3)4/h12-13,15H,5-11H2,1-4H3,(H,19,20). The second kappa shape index (κ2) is 8.56. The van der Waals surface area contributed by atoms with E-state index in [2.05, 4.69) is 34.1 Å².